The molecular weight excluding hydrogens is 92.1 g/mol. The third-order valence-corrected chi connectivity index (χ3v) is 1.00. The van der Waals surface area contributed by atoms with Crippen molar-refractivity contribution in [1.29, 1.82) is 5.41 Å². The van der Waals surface area contributed by atoms with E-state index in [0.717, 1.165) is 6.42 Å². The number of amidine groups is 1. The topological polar surface area (TPSA) is 36.3 Å². The maximum Gasteiger partial charge on any atom is 0.123 e. The van der Waals surface area contributed by atoms with Gasteiger partial charge in [-0.3, -0.25) is 10.2 Å². The van der Waals surface area contributed by atoms with Crippen LogP contribution in [0.3, 0.4) is 0 Å². The van der Waals surface area contributed by atoms with Gasteiger partial charge in [0, 0.05) is 13.5 Å². The van der Waals surface area contributed by atoms with Gasteiger partial charge in [0.2, 0.25) is 0 Å². The van der Waals surface area contributed by atoms with Crippen LogP contribution in [0.15, 0.2) is 0 Å². The van der Waals surface area contributed by atoms with Crippen LogP contribution in [0.2, 0.25) is 0 Å². The molecule has 0 spiro atoms. The highest BCUT2D eigenvalue weighted by Crippen LogP contribution is 2.01. The number of hydroxylamine groups is 2. The maximum absolute atomic E-state index is 7.06. The summed E-state index contributed by atoms with van der Waals surface area (Å²) in [6.07, 6.45) is 0.760. The average molecular weight is 100 g/mol. The first kappa shape index (κ1) is 4.59. The lowest BCUT2D eigenvalue weighted by atomic mass is 10.4. The Labute approximate surface area is 42.3 Å². The van der Waals surface area contributed by atoms with Crippen molar-refractivity contribution in [3.05, 3.63) is 0 Å². The first-order valence-electron chi connectivity index (χ1n) is 2.25. The Bertz CT molecular complexity index is 91.7. The highest BCUT2D eigenvalue weighted by Gasteiger charge is 2.11. The molecule has 0 atom stereocenters. The molecule has 0 unspecified atom stereocenters. The number of nitrogens with one attached hydrogen (secondary N) is 1. The number of rotatable bonds is 0. The number of nitrogens with zero attached hydrogens (tertiary/aromatic N) is 1. The Balaban J connectivity index is 2.48. The van der Waals surface area contributed by atoms with Gasteiger partial charge in [0.1, 0.15) is 5.84 Å². The van der Waals surface area contributed by atoms with E-state index in [9.17, 15) is 0 Å². The van der Waals surface area contributed by atoms with E-state index in [1.165, 1.54) is 5.06 Å². The summed E-state index contributed by atoms with van der Waals surface area (Å²) in [5.74, 6) is 0.569. The third-order valence-electron chi connectivity index (χ3n) is 1.00. The van der Waals surface area contributed by atoms with Crippen LogP contribution in [0.25, 0.3) is 0 Å². The minimum atomic E-state index is 0.569. The van der Waals surface area contributed by atoms with Crippen molar-refractivity contribution < 1.29 is 4.84 Å². The summed E-state index contributed by atoms with van der Waals surface area (Å²) in [6, 6.07) is 0. The Morgan fingerprint density at radius 1 is 1.86 bits per heavy atom. The molecule has 1 aliphatic rings. The Kier molecular flexibility index (Phi) is 0.982. The highest BCUT2D eigenvalue weighted by atomic mass is 16.7. The van der Waals surface area contributed by atoms with Gasteiger partial charge in [-0.05, 0) is 0 Å². The van der Waals surface area contributed by atoms with Crippen molar-refractivity contribution in [2.75, 3.05) is 13.7 Å². The van der Waals surface area contributed by atoms with E-state index in [1.54, 1.807) is 7.05 Å². The molecule has 0 aromatic rings. The van der Waals surface area contributed by atoms with Crippen LogP contribution in [0.4, 0.5) is 0 Å². The van der Waals surface area contributed by atoms with E-state index in [1.807, 2.05) is 0 Å². The molecule has 1 rings (SSSR count). The van der Waals surface area contributed by atoms with Crippen LogP contribution in [0.1, 0.15) is 6.42 Å². The molecule has 7 heavy (non-hydrogen) atoms. The van der Waals surface area contributed by atoms with E-state index in [4.69, 9.17) is 10.2 Å². The fourth-order valence-electron chi connectivity index (χ4n) is 0.515. The van der Waals surface area contributed by atoms with Crippen LogP contribution in [0, 0.1) is 5.41 Å². The Morgan fingerprint density at radius 2 is 2.57 bits per heavy atom. The summed E-state index contributed by atoms with van der Waals surface area (Å²) in [5.41, 5.74) is 0. The first-order chi connectivity index (χ1) is 3.30. The lowest BCUT2D eigenvalue weighted by molar-refractivity contribution is -0.0481. The van der Waals surface area contributed by atoms with Crippen LogP contribution < -0.4 is 0 Å². The van der Waals surface area contributed by atoms with Gasteiger partial charge in [-0.25, -0.2) is 5.06 Å². The smallest absolute Gasteiger partial charge is 0.123 e. The van der Waals surface area contributed by atoms with E-state index in [2.05, 4.69) is 0 Å². The van der Waals surface area contributed by atoms with Crippen molar-refractivity contribution in [2.24, 2.45) is 0 Å². The molecule has 0 radical (unpaired) electrons. The van der Waals surface area contributed by atoms with E-state index in [-0.39, 0.29) is 0 Å². The molecule has 0 amide bonds. The summed E-state index contributed by atoms with van der Waals surface area (Å²) in [6.45, 7) is 0.676. The van der Waals surface area contributed by atoms with Crippen LogP contribution in [-0.4, -0.2) is 24.6 Å². The zero-order valence-electron chi connectivity index (χ0n) is 4.27. The van der Waals surface area contributed by atoms with Crippen molar-refractivity contribution in [2.45, 2.75) is 6.42 Å². The van der Waals surface area contributed by atoms with Crippen molar-refractivity contribution in [1.82, 2.24) is 5.06 Å². The molecule has 0 aromatic carbocycles. The second-order valence-corrected chi connectivity index (χ2v) is 1.53. The SMILES string of the molecule is CN1OCCC1=N. The molecular formula is C4H8N2O. The Morgan fingerprint density at radius 3 is 2.71 bits per heavy atom. The van der Waals surface area contributed by atoms with Crippen LogP contribution >= 0.6 is 0 Å². The third kappa shape index (κ3) is 0.718. The molecule has 0 bridgehead atoms. The molecule has 3 nitrogen and oxygen atoms in total. The molecule has 1 heterocycles. The molecule has 0 saturated carbocycles. The lowest BCUT2D eigenvalue weighted by Gasteiger charge is -2.05. The number of hydrogen-bond donors (Lipinski definition) is 1. The second kappa shape index (κ2) is 1.50. The van der Waals surface area contributed by atoms with E-state index in [0.29, 0.717) is 12.4 Å². The molecule has 0 aromatic heterocycles. The Hall–Kier alpha value is -0.570. The molecule has 40 valence electrons. The highest BCUT2D eigenvalue weighted by molar-refractivity contribution is 5.79. The lowest BCUT2D eigenvalue weighted by Crippen LogP contribution is -2.15. The first-order valence-corrected chi connectivity index (χ1v) is 2.25. The predicted octanol–water partition coefficient (Wildman–Crippen LogP) is 0.231. The molecule has 1 saturated heterocycles. The van der Waals surface area contributed by atoms with Crippen molar-refractivity contribution >= 4 is 5.84 Å². The standard InChI is InChI=1S/C4H8N2O/c1-6-4(5)2-3-7-6/h5H,2-3H2,1H3. The minimum Gasteiger partial charge on any atom is -0.287 e. The van der Waals surface area contributed by atoms with Gasteiger partial charge in [-0.2, -0.15) is 0 Å². The summed E-state index contributed by atoms with van der Waals surface area (Å²) in [4.78, 5) is 4.87. The largest absolute Gasteiger partial charge is 0.287 e. The minimum absolute atomic E-state index is 0.569. The molecule has 0 aliphatic carbocycles. The van der Waals surface area contributed by atoms with Gasteiger partial charge >= 0.3 is 0 Å². The quantitative estimate of drug-likeness (QED) is 0.473. The second-order valence-electron chi connectivity index (χ2n) is 1.53. The molecule has 1 fully saturated rings. The van der Waals surface area contributed by atoms with Crippen LogP contribution in [-0.2, 0) is 4.84 Å². The summed E-state index contributed by atoms with van der Waals surface area (Å²) in [7, 11) is 1.75. The van der Waals surface area contributed by atoms with Crippen molar-refractivity contribution in [3.63, 3.8) is 0 Å². The van der Waals surface area contributed by atoms with Gasteiger partial charge in [-0.1, -0.05) is 0 Å². The van der Waals surface area contributed by atoms with Crippen molar-refractivity contribution in [3.8, 4) is 0 Å². The summed E-state index contributed by atoms with van der Waals surface area (Å²) in [5, 5.41) is 8.54. The summed E-state index contributed by atoms with van der Waals surface area (Å²) >= 11 is 0. The normalized spacial score (nSPS) is 21.3. The van der Waals surface area contributed by atoms with Crippen LogP contribution in [0.5, 0.6) is 0 Å². The molecule has 1 aliphatic heterocycles. The predicted molar refractivity (Wildman–Crippen MR) is 26.1 cm³/mol. The van der Waals surface area contributed by atoms with Gasteiger partial charge in [0.25, 0.3) is 0 Å². The van der Waals surface area contributed by atoms with Gasteiger partial charge in [-0.15, -0.1) is 0 Å². The van der Waals surface area contributed by atoms with Gasteiger partial charge in [0.15, 0.2) is 0 Å². The van der Waals surface area contributed by atoms with E-state index < -0.39 is 0 Å². The zero-order chi connectivity index (χ0) is 5.28. The average Bonchev–Trinajstić information content (AvgIpc) is 1.91. The zero-order valence-corrected chi connectivity index (χ0v) is 4.27. The molecule has 1 N–H and O–H groups in total. The van der Waals surface area contributed by atoms with E-state index >= 15 is 0 Å². The monoisotopic (exact) mass is 100 g/mol. The maximum atomic E-state index is 7.06. The fraction of sp³-hybridized carbons (Fsp3) is 0.750. The molecule has 3 heteroatoms. The fourth-order valence-corrected chi connectivity index (χ4v) is 0.515. The van der Waals surface area contributed by atoms with Gasteiger partial charge < -0.3 is 0 Å². The van der Waals surface area contributed by atoms with Gasteiger partial charge in [0.05, 0.1) is 6.61 Å². The number of hydrogen-bond acceptors (Lipinski definition) is 2. The summed E-state index contributed by atoms with van der Waals surface area (Å²) < 4.78 is 0.